The van der Waals surface area contributed by atoms with E-state index in [2.05, 4.69) is 75.9 Å². The first-order valence-corrected chi connectivity index (χ1v) is 12.8. The van der Waals surface area contributed by atoms with Crippen molar-refractivity contribution in [2.45, 2.75) is 51.7 Å². The molecule has 0 heterocycles. The molecule has 5 unspecified atom stereocenters. The minimum Gasteiger partial charge on any atom is -1.00 e. The summed E-state index contributed by atoms with van der Waals surface area (Å²) in [6.07, 6.45) is 16.6. The van der Waals surface area contributed by atoms with E-state index in [9.17, 15) is 0 Å². The van der Waals surface area contributed by atoms with Crippen molar-refractivity contribution in [1.29, 1.82) is 0 Å². The summed E-state index contributed by atoms with van der Waals surface area (Å²) in [6.45, 7) is 9.80. The van der Waals surface area contributed by atoms with Crippen LogP contribution in [0.25, 0.3) is 0 Å². The number of rotatable bonds is 2. The summed E-state index contributed by atoms with van der Waals surface area (Å²) < 4.78 is 0. The van der Waals surface area contributed by atoms with Gasteiger partial charge in [-0.15, -0.1) is 0 Å². The van der Waals surface area contributed by atoms with Gasteiger partial charge >= 0.3 is 21.7 Å². The second kappa shape index (κ2) is 11.2. The number of halogens is 3. The average Bonchev–Trinajstić information content (AvgIpc) is 2.89. The summed E-state index contributed by atoms with van der Waals surface area (Å²) in [7, 11) is -1.54. The van der Waals surface area contributed by atoms with Gasteiger partial charge in [0, 0.05) is 0 Å². The van der Waals surface area contributed by atoms with Gasteiger partial charge < -0.3 is 43.6 Å². The summed E-state index contributed by atoms with van der Waals surface area (Å²) in [6, 6.07) is 7.31. The summed E-state index contributed by atoms with van der Waals surface area (Å²) in [5.41, 5.74) is 3.72. The van der Waals surface area contributed by atoms with E-state index in [-0.39, 0.29) is 58.9 Å². The summed E-state index contributed by atoms with van der Waals surface area (Å²) in [5.74, 6) is 3.29. The first-order valence-electron chi connectivity index (χ1n) is 9.75. The number of aryl methyl sites for hydroxylation is 2. The van der Waals surface area contributed by atoms with Crippen LogP contribution in [0.2, 0.25) is 18.6 Å². The van der Waals surface area contributed by atoms with Gasteiger partial charge in [0.1, 0.15) is 0 Å². The maximum Gasteiger partial charge on any atom is 4.00 e. The smallest absolute Gasteiger partial charge is 1.00 e. The largest absolute Gasteiger partial charge is 4.00 e. The Bertz CT molecular complexity index is 681. The maximum atomic E-state index is 2.72. The van der Waals surface area contributed by atoms with E-state index in [4.69, 9.17) is 0 Å². The number of fused-ring (bicyclic) bond motifs is 3. The van der Waals surface area contributed by atoms with E-state index in [0.717, 1.165) is 29.2 Å². The van der Waals surface area contributed by atoms with Crippen LogP contribution >= 0.6 is 0 Å². The molecule has 0 saturated heterocycles. The van der Waals surface area contributed by atoms with Crippen LogP contribution in [0.3, 0.4) is 0 Å². The Morgan fingerprint density at radius 3 is 2.07 bits per heavy atom. The fourth-order valence-electron chi connectivity index (χ4n) is 6.08. The number of allylic oxidation sites excluding steroid dienone is 4. The minimum absolute atomic E-state index is 0. The van der Waals surface area contributed by atoms with Crippen LogP contribution in [0.5, 0.6) is 0 Å². The molecule has 0 N–H and O–H groups in total. The van der Waals surface area contributed by atoms with Gasteiger partial charge in [0.15, 0.2) is 0 Å². The molecule has 0 aliphatic heterocycles. The monoisotopic (exact) mass is 488 g/mol. The topological polar surface area (TPSA) is 0 Å². The minimum atomic E-state index is -1.54. The third-order valence-electron chi connectivity index (χ3n) is 7.02. The van der Waals surface area contributed by atoms with Crippen molar-refractivity contribution in [3.8, 4) is 0 Å². The van der Waals surface area contributed by atoms with Crippen LogP contribution in [0.4, 0.5) is 0 Å². The van der Waals surface area contributed by atoms with Gasteiger partial charge in [-0.2, -0.15) is 12.3 Å². The molecule has 3 aliphatic rings. The Labute approximate surface area is 206 Å². The normalized spacial score (nSPS) is 29.9. The Kier molecular flexibility index (Phi) is 11.4. The average molecular weight is 490 g/mol. The Balaban J connectivity index is 0.00000182. The van der Waals surface area contributed by atoms with Crippen molar-refractivity contribution < 1.29 is 58.9 Å². The molecule has 0 nitrogen and oxygen atoms in total. The standard InChI is InChI=1S/C23H31Si.3ClH.Ti/c1-16-13-17(2)15-18(14-16)24(3,4)23-21-11-7-5-9-19(21)20-10-6-8-12-22(20)23;;;;/h5,7,9,11-15,19-23H,6,8,10H2,1-4H3;3*1H;/q-1;;;;+4/p-3. The SMILES string of the molecule is Cc1cc(C)cc([Si](C)(C)C2C3C=CC=CC3C3CCC[CH-]C32)c1.[Cl-].[Cl-].[Cl-].[Ti+4]. The van der Waals surface area contributed by atoms with Crippen LogP contribution in [0.15, 0.2) is 42.5 Å². The van der Waals surface area contributed by atoms with Gasteiger partial charge in [0.25, 0.3) is 0 Å². The fraction of sp³-hybridized carbons (Fsp3) is 0.522. The van der Waals surface area contributed by atoms with Crippen molar-refractivity contribution in [2.75, 3.05) is 0 Å². The second-order valence-corrected chi connectivity index (χ2v) is 13.6. The molecule has 1 aromatic carbocycles. The molecule has 152 valence electrons. The van der Waals surface area contributed by atoms with Crippen LogP contribution in [-0.2, 0) is 21.7 Å². The van der Waals surface area contributed by atoms with Crippen molar-refractivity contribution in [3.63, 3.8) is 0 Å². The molecular weight excluding hydrogens is 459 g/mol. The number of hydrogen-bond acceptors (Lipinski definition) is 0. The Morgan fingerprint density at radius 2 is 1.46 bits per heavy atom. The zero-order chi connectivity index (χ0) is 16.9. The Morgan fingerprint density at radius 1 is 0.893 bits per heavy atom. The van der Waals surface area contributed by atoms with Gasteiger partial charge in [0.05, 0.1) is 8.07 Å². The van der Waals surface area contributed by atoms with Gasteiger partial charge in [-0.3, -0.25) is 0 Å². The molecule has 28 heavy (non-hydrogen) atoms. The molecule has 2 fully saturated rings. The van der Waals surface area contributed by atoms with Crippen LogP contribution in [-0.4, -0.2) is 8.07 Å². The van der Waals surface area contributed by atoms with E-state index in [1.807, 2.05) is 0 Å². The van der Waals surface area contributed by atoms with E-state index < -0.39 is 8.07 Å². The second-order valence-electron chi connectivity index (χ2n) is 8.96. The molecule has 0 bridgehead atoms. The molecule has 0 spiro atoms. The van der Waals surface area contributed by atoms with E-state index in [1.54, 1.807) is 5.19 Å². The van der Waals surface area contributed by atoms with Gasteiger partial charge in [-0.25, -0.2) is 0 Å². The predicted octanol–water partition coefficient (Wildman–Crippen LogP) is -3.41. The van der Waals surface area contributed by atoms with Gasteiger partial charge in [-0.05, 0) is 25.7 Å². The van der Waals surface area contributed by atoms with Gasteiger partial charge in [-0.1, -0.05) is 96.2 Å². The van der Waals surface area contributed by atoms with Crippen LogP contribution in [0.1, 0.15) is 30.4 Å². The van der Waals surface area contributed by atoms with Gasteiger partial charge in [0.2, 0.25) is 0 Å². The molecule has 4 rings (SSSR count). The van der Waals surface area contributed by atoms with E-state index >= 15 is 0 Å². The zero-order valence-corrected chi connectivity index (χ0v) is 22.1. The molecule has 5 heteroatoms. The van der Waals surface area contributed by atoms with Crippen LogP contribution in [0, 0.1) is 43.9 Å². The summed E-state index contributed by atoms with van der Waals surface area (Å²) in [5, 5.41) is 1.67. The van der Waals surface area contributed by atoms with Crippen LogP contribution < -0.4 is 42.4 Å². The van der Waals surface area contributed by atoms with Crippen molar-refractivity contribution in [3.05, 3.63) is 60.1 Å². The molecular formula is C23H31Cl3SiTi. The molecule has 3 aliphatic carbocycles. The molecule has 0 radical (unpaired) electrons. The zero-order valence-electron chi connectivity index (χ0n) is 17.3. The first-order chi connectivity index (χ1) is 11.5. The molecule has 1 aromatic rings. The first kappa shape index (κ1) is 28.5. The quantitative estimate of drug-likeness (QED) is 0.300. The Hall–Kier alpha value is 0.501. The number of benzene rings is 1. The van der Waals surface area contributed by atoms with Crippen molar-refractivity contribution in [2.24, 2.45) is 23.7 Å². The number of hydrogen-bond donors (Lipinski definition) is 0. The summed E-state index contributed by atoms with van der Waals surface area (Å²) in [4.78, 5) is 0. The van der Waals surface area contributed by atoms with E-state index in [0.29, 0.717) is 0 Å². The molecule has 0 aromatic heterocycles. The predicted molar refractivity (Wildman–Crippen MR) is 107 cm³/mol. The third kappa shape index (κ3) is 5.04. The molecule has 2 saturated carbocycles. The maximum absolute atomic E-state index is 2.72. The summed E-state index contributed by atoms with van der Waals surface area (Å²) >= 11 is 0. The van der Waals surface area contributed by atoms with E-state index in [1.165, 1.54) is 30.4 Å². The third-order valence-corrected chi connectivity index (χ3v) is 11.2. The fourth-order valence-corrected chi connectivity index (χ4v) is 10.3. The van der Waals surface area contributed by atoms with Crippen molar-refractivity contribution in [1.82, 2.24) is 0 Å². The van der Waals surface area contributed by atoms with Crippen molar-refractivity contribution >= 4 is 13.3 Å². The molecule has 0 amide bonds. The molecule has 5 atom stereocenters.